The highest BCUT2D eigenvalue weighted by Gasteiger charge is 2.10. The molecule has 1 aliphatic rings. The van der Waals surface area contributed by atoms with E-state index in [0.29, 0.717) is 6.29 Å². The Balaban J connectivity index is 2.52. The maximum atomic E-state index is 10.1. The largest absolute Gasteiger partial charge is 0.381 e. The van der Waals surface area contributed by atoms with Gasteiger partial charge in [-0.15, -0.1) is 0 Å². The number of hydrogen-bond donors (Lipinski definition) is 1. The Bertz CT molecular complexity index is 149. The van der Waals surface area contributed by atoms with Gasteiger partial charge in [-0.2, -0.15) is 0 Å². The first-order chi connectivity index (χ1) is 4.84. The molecule has 2 heteroatoms. The lowest BCUT2D eigenvalue weighted by Gasteiger charge is -2.13. The van der Waals surface area contributed by atoms with E-state index in [4.69, 9.17) is 5.11 Å². The van der Waals surface area contributed by atoms with Gasteiger partial charge in [-0.3, -0.25) is 0 Å². The summed E-state index contributed by atoms with van der Waals surface area (Å²) in [6.45, 7) is 0. The summed E-state index contributed by atoms with van der Waals surface area (Å²) < 4.78 is 0. The van der Waals surface area contributed by atoms with Gasteiger partial charge < -0.3 is 9.90 Å². The van der Waals surface area contributed by atoms with Crippen molar-refractivity contribution in [2.75, 3.05) is 0 Å². The predicted molar refractivity (Wildman–Crippen MR) is 38.6 cm³/mol. The van der Waals surface area contributed by atoms with Crippen molar-refractivity contribution in [3.05, 3.63) is 11.6 Å². The fourth-order valence-corrected chi connectivity index (χ4v) is 1.22. The maximum absolute atomic E-state index is 10.1. The molecule has 0 spiro atoms. The van der Waals surface area contributed by atoms with Gasteiger partial charge in [-0.25, -0.2) is 0 Å². The number of aliphatic hydroxyl groups excluding tert-OH is 1. The Kier molecular flexibility index (Phi) is 2.63. The lowest BCUT2D eigenvalue weighted by atomic mass is 9.96. The van der Waals surface area contributed by atoms with E-state index in [-0.39, 0.29) is 0 Å². The molecule has 1 aliphatic carbocycles. The summed E-state index contributed by atoms with van der Waals surface area (Å²) in [5, 5.41) is 9.05. The van der Waals surface area contributed by atoms with Crippen molar-refractivity contribution in [3.8, 4) is 0 Å². The second-order valence-corrected chi connectivity index (χ2v) is 2.61. The summed E-state index contributed by atoms with van der Waals surface area (Å²) in [5.41, 5.74) is 0.904. The van der Waals surface area contributed by atoms with Gasteiger partial charge in [-0.05, 0) is 31.3 Å². The van der Waals surface area contributed by atoms with Gasteiger partial charge in [-0.1, -0.05) is 6.08 Å². The number of aliphatic hydroxyl groups is 1. The van der Waals surface area contributed by atoms with Crippen LogP contribution < -0.4 is 0 Å². The monoisotopic (exact) mass is 140 g/mol. The van der Waals surface area contributed by atoms with Crippen molar-refractivity contribution in [1.82, 2.24) is 0 Å². The standard InChI is InChI=1S/C8H12O2/c9-6-8(10)7-4-2-1-3-5-7/h4,6,8,10H,1-3,5H2. The van der Waals surface area contributed by atoms with Crippen LogP contribution in [0, 0.1) is 0 Å². The van der Waals surface area contributed by atoms with Crippen LogP contribution in [0.2, 0.25) is 0 Å². The van der Waals surface area contributed by atoms with E-state index in [2.05, 4.69) is 0 Å². The van der Waals surface area contributed by atoms with Crippen LogP contribution in [-0.4, -0.2) is 17.5 Å². The molecular weight excluding hydrogens is 128 g/mol. The third-order valence-corrected chi connectivity index (χ3v) is 1.83. The molecule has 0 bridgehead atoms. The average molecular weight is 140 g/mol. The van der Waals surface area contributed by atoms with E-state index in [0.717, 1.165) is 24.8 Å². The van der Waals surface area contributed by atoms with Crippen molar-refractivity contribution in [1.29, 1.82) is 0 Å². The van der Waals surface area contributed by atoms with Gasteiger partial charge in [0, 0.05) is 0 Å². The van der Waals surface area contributed by atoms with Crippen LogP contribution in [0.25, 0.3) is 0 Å². The summed E-state index contributed by atoms with van der Waals surface area (Å²) in [5.74, 6) is 0. The average Bonchev–Trinajstić information content (AvgIpc) is 2.05. The smallest absolute Gasteiger partial charge is 0.152 e. The first-order valence-corrected chi connectivity index (χ1v) is 3.67. The zero-order chi connectivity index (χ0) is 7.40. The zero-order valence-electron chi connectivity index (χ0n) is 5.92. The van der Waals surface area contributed by atoms with Gasteiger partial charge in [0.25, 0.3) is 0 Å². The molecule has 56 valence electrons. The lowest BCUT2D eigenvalue weighted by Crippen LogP contribution is -2.13. The molecule has 0 radical (unpaired) electrons. The van der Waals surface area contributed by atoms with E-state index < -0.39 is 6.10 Å². The molecule has 0 heterocycles. The minimum atomic E-state index is -0.833. The molecule has 1 rings (SSSR count). The van der Waals surface area contributed by atoms with Crippen LogP contribution >= 0.6 is 0 Å². The van der Waals surface area contributed by atoms with E-state index in [9.17, 15) is 4.79 Å². The van der Waals surface area contributed by atoms with E-state index >= 15 is 0 Å². The Morgan fingerprint density at radius 1 is 1.60 bits per heavy atom. The van der Waals surface area contributed by atoms with Gasteiger partial charge in [0.1, 0.15) is 6.10 Å². The zero-order valence-corrected chi connectivity index (χ0v) is 5.92. The van der Waals surface area contributed by atoms with Crippen molar-refractivity contribution in [2.24, 2.45) is 0 Å². The third kappa shape index (κ3) is 1.67. The summed E-state index contributed by atoms with van der Waals surface area (Å²) in [6, 6.07) is 0. The number of carbonyl (C=O) groups is 1. The fraction of sp³-hybridized carbons (Fsp3) is 0.625. The van der Waals surface area contributed by atoms with E-state index in [1.54, 1.807) is 0 Å². The molecule has 0 aromatic heterocycles. The van der Waals surface area contributed by atoms with Gasteiger partial charge >= 0.3 is 0 Å². The second kappa shape index (κ2) is 3.52. The molecule has 0 saturated heterocycles. The Morgan fingerprint density at radius 3 is 2.90 bits per heavy atom. The number of aldehydes is 1. The molecule has 0 amide bonds. The number of rotatable bonds is 2. The lowest BCUT2D eigenvalue weighted by molar-refractivity contribution is -0.113. The van der Waals surface area contributed by atoms with Crippen molar-refractivity contribution in [2.45, 2.75) is 31.8 Å². The molecule has 0 aliphatic heterocycles. The molecular formula is C8H12O2. The molecule has 10 heavy (non-hydrogen) atoms. The maximum Gasteiger partial charge on any atom is 0.152 e. The van der Waals surface area contributed by atoms with Gasteiger partial charge in [0.05, 0.1) is 0 Å². The molecule has 2 nitrogen and oxygen atoms in total. The Hall–Kier alpha value is -0.630. The summed E-state index contributed by atoms with van der Waals surface area (Å²) in [4.78, 5) is 10.1. The van der Waals surface area contributed by atoms with E-state index in [1.807, 2.05) is 6.08 Å². The molecule has 0 aromatic rings. The quantitative estimate of drug-likeness (QED) is 0.459. The Labute approximate surface area is 60.6 Å². The topological polar surface area (TPSA) is 37.3 Å². The van der Waals surface area contributed by atoms with Crippen LogP contribution in [0.1, 0.15) is 25.7 Å². The second-order valence-electron chi connectivity index (χ2n) is 2.61. The van der Waals surface area contributed by atoms with Crippen LogP contribution in [-0.2, 0) is 4.79 Å². The molecule has 1 unspecified atom stereocenters. The normalized spacial score (nSPS) is 21.5. The van der Waals surface area contributed by atoms with Gasteiger partial charge in [0.15, 0.2) is 6.29 Å². The highest BCUT2D eigenvalue weighted by atomic mass is 16.3. The molecule has 0 aromatic carbocycles. The van der Waals surface area contributed by atoms with Crippen molar-refractivity contribution in [3.63, 3.8) is 0 Å². The van der Waals surface area contributed by atoms with E-state index in [1.165, 1.54) is 6.42 Å². The van der Waals surface area contributed by atoms with Crippen LogP contribution in [0.15, 0.2) is 11.6 Å². The summed E-state index contributed by atoms with van der Waals surface area (Å²) in [7, 11) is 0. The molecule has 1 atom stereocenters. The Morgan fingerprint density at radius 2 is 2.40 bits per heavy atom. The third-order valence-electron chi connectivity index (χ3n) is 1.83. The van der Waals surface area contributed by atoms with Crippen LogP contribution in [0.5, 0.6) is 0 Å². The molecule has 1 N–H and O–H groups in total. The SMILES string of the molecule is O=CC(O)C1=CCCCC1. The van der Waals surface area contributed by atoms with Crippen LogP contribution in [0.4, 0.5) is 0 Å². The predicted octanol–water partition coefficient (Wildman–Crippen LogP) is 1.05. The highest BCUT2D eigenvalue weighted by molar-refractivity contribution is 5.61. The molecule has 0 fully saturated rings. The number of allylic oxidation sites excluding steroid dienone is 1. The highest BCUT2D eigenvalue weighted by Crippen LogP contribution is 2.19. The fourth-order valence-electron chi connectivity index (χ4n) is 1.22. The first-order valence-electron chi connectivity index (χ1n) is 3.67. The summed E-state index contributed by atoms with van der Waals surface area (Å²) in [6.07, 6.45) is 5.94. The minimum Gasteiger partial charge on any atom is -0.381 e. The van der Waals surface area contributed by atoms with Crippen molar-refractivity contribution >= 4 is 6.29 Å². The van der Waals surface area contributed by atoms with Crippen LogP contribution in [0.3, 0.4) is 0 Å². The van der Waals surface area contributed by atoms with Crippen molar-refractivity contribution < 1.29 is 9.90 Å². The summed E-state index contributed by atoms with van der Waals surface area (Å²) >= 11 is 0. The minimum absolute atomic E-state index is 0.594. The van der Waals surface area contributed by atoms with Gasteiger partial charge in [0.2, 0.25) is 0 Å². The molecule has 0 saturated carbocycles. The number of hydrogen-bond acceptors (Lipinski definition) is 2. The number of carbonyl (C=O) groups excluding carboxylic acids is 1. The first kappa shape index (κ1) is 7.48.